The van der Waals surface area contributed by atoms with E-state index in [0.29, 0.717) is 19.3 Å². The average Bonchev–Trinajstić information content (AvgIpc) is 3.31. The van der Waals surface area contributed by atoms with Crippen LogP contribution >= 0.6 is 0 Å². The molecule has 3 aliphatic rings. The summed E-state index contributed by atoms with van der Waals surface area (Å²) in [6, 6.07) is 7.11. The lowest BCUT2D eigenvalue weighted by atomic mass is 10.0. The van der Waals surface area contributed by atoms with E-state index in [2.05, 4.69) is 10.2 Å². The number of carbonyl (C=O) groups is 1. The molecule has 1 saturated heterocycles. The van der Waals surface area contributed by atoms with E-state index in [1.54, 1.807) is 0 Å². The first-order valence-electron chi connectivity index (χ1n) is 8.70. The van der Waals surface area contributed by atoms with Crippen LogP contribution in [0, 0.1) is 0 Å². The molecule has 0 bridgehead atoms. The fraction of sp³-hybridized carbons (Fsp3) is 0.611. The maximum Gasteiger partial charge on any atom is 0.231 e. The average molecular weight is 316 g/mol. The topological polar surface area (TPSA) is 50.8 Å². The number of fused-ring (bicyclic) bond motifs is 1. The van der Waals surface area contributed by atoms with E-state index >= 15 is 0 Å². The molecule has 0 atom stereocenters. The van der Waals surface area contributed by atoms with Gasteiger partial charge in [-0.1, -0.05) is 6.07 Å². The number of amides is 1. The van der Waals surface area contributed by atoms with E-state index in [4.69, 9.17) is 9.47 Å². The number of carbonyl (C=O) groups excluding carboxylic acids is 1. The van der Waals surface area contributed by atoms with Crippen molar-refractivity contribution >= 4 is 5.91 Å². The van der Waals surface area contributed by atoms with Crippen LogP contribution in [0.1, 0.15) is 37.7 Å². The standard InChI is InChI=1S/C18H24N2O3/c21-18(19-14-7-9-20(10-8-14)15-3-4-15)6-2-13-1-5-16-17(11-13)23-12-22-16/h1,5,11,14-15H,2-4,6-10,12H2,(H,19,21). The van der Waals surface area contributed by atoms with Crippen LogP contribution in [0.15, 0.2) is 18.2 Å². The SMILES string of the molecule is O=C(CCc1ccc2c(c1)OCO2)NC1CCN(C2CC2)CC1. The summed E-state index contributed by atoms with van der Waals surface area (Å²) in [4.78, 5) is 14.7. The Balaban J connectivity index is 1.21. The molecule has 4 rings (SSSR count). The summed E-state index contributed by atoms with van der Waals surface area (Å²) < 4.78 is 10.7. The fourth-order valence-electron chi connectivity index (χ4n) is 3.50. The van der Waals surface area contributed by atoms with E-state index in [0.717, 1.165) is 55.5 Å². The van der Waals surface area contributed by atoms with Gasteiger partial charge in [-0.25, -0.2) is 0 Å². The van der Waals surface area contributed by atoms with Crippen molar-refractivity contribution in [2.45, 2.75) is 50.6 Å². The molecule has 5 heteroatoms. The lowest BCUT2D eigenvalue weighted by Crippen LogP contribution is -2.45. The zero-order valence-electron chi connectivity index (χ0n) is 13.4. The summed E-state index contributed by atoms with van der Waals surface area (Å²) >= 11 is 0. The molecule has 2 aliphatic heterocycles. The molecule has 1 aliphatic carbocycles. The van der Waals surface area contributed by atoms with Gasteiger partial charge in [0.2, 0.25) is 12.7 Å². The van der Waals surface area contributed by atoms with E-state index in [1.165, 1.54) is 12.8 Å². The largest absolute Gasteiger partial charge is 0.454 e. The minimum Gasteiger partial charge on any atom is -0.454 e. The summed E-state index contributed by atoms with van der Waals surface area (Å²) in [6.45, 7) is 2.56. The molecule has 5 nitrogen and oxygen atoms in total. The van der Waals surface area contributed by atoms with E-state index < -0.39 is 0 Å². The second kappa shape index (κ2) is 6.40. The predicted octanol–water partition coefficient (Wildman–Crippen LogP) is 2.09. The number of nitrogens with zero attached hydrogens (tertiary/aromatic N) is 1. The maximum absolute atomic E-state index is 12.2. The van der Waals surface area contributed by atoms with Gasteiger partial charge in [0.15, 0.2) is 11.5 Å². The van der Waals surface area contributed by atoms with Gasteiger partial charge < -0.3 is 19.7 Å². The van der Waals surface area contributed by atoms with E-state index in [1.807, 2.05) is 18.2 Å². The number of aryl methyl sites for hydroxylation is 1. The van der Waals surface area contributed by atoms with Gasteiger partial charge in [-0.3, -0.25) is 4.79 Å². The van der Waals surface area contributed by atoms with Crippen LogP contribution < -0.4 is 14.8 Å². The third-order valence-corrected chi connectivity index (χ3v) is 5.04. The molecular formula is C18H24N2O3. The summed E-state index contributed by atoms with van der Waals surface area (Å²) in [5.74, 6) is 1.74. The number of benzene rings is 1. The van der Waals surface area contributed by atoms with Gasteiger partial charge in [0, 0.05) is 31.6 Å². The number of rotatable bonds is 5. The van der Waals surface area contributed by atoms with Gasteiger partial charge in [0.05, 0.1) is 0 Å². The number of hydrogen-bond donors (Lipinski definition) is 1. The first kappa shape index (κ1) is 14.8. The molecule has 0 unspecified atom stereocenters. The van der Waals surface area contributed by atoms with Crippen LogP contribution in [-0.2, 0) is 11.2 Å². The van der Waals surface area contributed by atoms with Crippen LogP contribution in [0.4, 0.5) is 0 Å². The highest BCUT2D eigenvalue weighted by Gasteiger charge is 2.32. The van der Waals surface area contributed by atoms with Gasteiger partial charge in [-0.15, -0.1) is 0 Å². The number of likely N-dealkylation sites (tertiary alicyclic amines) is 1. The first-order valence-corrected chi connectivity index (χ1v) is 8.70. The Bertz CT molecular complexity index is 578. The van der Waals surface area contributed by atoms with Crippen LogP contribution in [0.3, 0.4) is 0 Å². The molecule has 0 spiro atoms. The van der Waals surface area contributed by atoms with Crippen molar-refractivity contribution in [1.82, 2.24) is 10.2 Å². The highest BCUT2D eigenvalue weighted by Crippen LogP contribution is 2.33. The Morgan fingerprint density at radius 3 is 2.70 bits per heavy atom. The molecule has 1 aromatic rings. The van der Waals surface area contributed by atoms with Crippen molar-refractivity contribution in [3.05, 3.63) is 23.8 Å². The second-order valence-corrected chi connectivity index (χ2v) is 6.80. The second-order valence-electron chi connectivity index (χ2n) is 6.80. The van der Waals surface area contributed by atoms with Crippen molar-refractivity contribution in [3.63, 3.8) is 0 Å². The van der Waals surface area contributed by atoms with Crippen molar-refractivity contribution in [2.75, 3.05) is 19.9 Å². The smallest absolute Gasteiger partial charge is 0.231 e. The molecule has 1 saturated carbocycles. The van der Waals surface area contributed by atoms with Crippen molar-refractivity contribution in [1.29, 1.82) is 0 Å². The number of ether oxygens (including phenoxy) is 2. The van der Waals surface area contributed by atoms with Gasteiger partial charge >= 0.3 is 0 Å². The Labute approximate surface area is 136 Å². The Morgan fingerprint density at radius 1 is 1.13 bits per heavy atom. The summed E-state index contributed by atoms with van der Waals surface area (Å²) in [6.07, 6.45) is 6.18. The third-order valence-electron chi connectivity index (χ3n) is 5.04. The Hall–Kier alpha value is -1.75. The van der Waals surface area contributed by atoms with Crippen LogP contribution in [-0.4, -0.2) is 42.8 Å². The maximum atomic E-state index is 12.2. The highest BCUT2D eigenvalue weighted by molar-refractivity contribution is 5.76. The van der Waals surface area contributed by atoms with Gasteiger partial charge in [-0.2, -0.15) is 0 Å². The van der Waals surface area contributed by atoms with Gasteiger partial charge in [0.1, 0.15) is 0 Å². The minimum absolute atomic E-state index is 0.160. The first-order chi connectivity index (χ1) is 11.3. The molecule has 2 fully saturated rings. The monoisotopic (exact) mass is 316 g/mol. The molecular weight excluding hydrogens is 292 g/mol. The summed E-state index contributed by atoms with van der Waals surface area (Å²) in [5, 5.41) is 3.20. The number of piperidine rings is 1. The molecule has 0 radical (unpaired) electrons. The normalized spacial score (nSPS) is 21.4. The molecule has 124 valence electrons. The molecule has 1 amide bonds. The highest BCUT2D eigenvalue weighted by atomic mass is 16.7. The molecule has 2 heterocycles. The lowest BCUT2D eigenvalue weighted by molar-refractivity contribution is -0.122. The minimum atomic E-state index is 0.160. The third kappa shape index (κ3) is 3.61. The number of nitrogens with one attached hydrogen (secondary N) is 1. The van der Waals surface area contributed by atoms with Crippen molar-refractivity contribution in [3.8, 4) is 11.5 Å². The fourth-order valence-corrected chi connectivity index (χ4v) is 3.50. The molecule has 23 heavy (non-hydrogen) atoms. The molecule has 1 aromatic carbocycles. The zero-order chi connectivity index (χ0) is 15.6. The van der Waals surface area contributed by atoms with Gasteiger partial charge in [0.25, 0.3) is 0 Å². The summed E-state index contributed by atoms with van der Waals surface area (Å²) in [5.41, 5.74) is 1.12. The Kier molecular flexibility index (Phi) is 4.12. The molecule has 0 aromatic heterocycles. The quantitative estimate of drug-likeness (QED) is 0.904. The van der Waals surface area contributed by atoms with Crippen molar-refractivity contribution in [2.24, 2.45) is 0 Å². The predicted molar refractivity (Wildman–Crippen MR) is 86.6 cm³/mol. The number of hydrogen-bond acceptors (Lipinski definition) is 4. The van der Waals surface area contributed by atoms with Crippen molar-refractivity contribution < 1.29 is 14.3 Å². The molecule has 1 N–H and O–H groups in total. The van der Waals surface area contributed by atoms with Crippen LogP contribution in [0.2, 0.25) is 0 Å². The van der Waals surface area contributed by atoms with E-state index in [9.17, 15) is 4.79 Å². The van der Waals surface area contributed by atoms with E-state index in [-0.39, 0.29) is 5.91 Å². The summed E-state index contributed by atoms with van der Waals surface area (Å²) in [7, 11) is 0. The van der Waals surface area contributed by atoms with Gasteiger partial charge in [-0.05, 0) is 49.8 Å². The van der Waals surface area contributed by atoms with Crippen LogP contribution in [0.25, 0.3) is 0 Å². The Morgan fingerprint density at radius 2 is 1.91 bits per heavy atom. The lowest BCUT2D eigenvalue weighted by Gasteiger charge is -2.32. The zero-order valence-corrected chi connectivity index (χ0v) is 13.4. The van der Waals surface area contributed by atoms with Crippen LogP contribution in [0.5, 0.6) is 11.5 Å².